The van der Waals surface area contributed by atoms with E-state index in [2.05, 4.69) is 10.4 Å². The maximum Gasteiger partial charge on any atom is 0.435 e. The van der Waals surface area contributed by atoms with Crippen LogP contribution in [0.3, 0.4) is 0 Å². The molecular weight excluding hydrogens is 388 g/mol. The van der Waals surface area contributed by atoms with Crippen LogP contribution in [0.1, 0.15) is 42.6 Å². The first-order valence-corrected chi connectivity index (χ1v) is 8.59. The van der Waals surface area contributed by atoms with Crippen LogP contribution >= 0.6 is 0 Å². The smallest absolute Gasteiger partial charge is 0.325 e. The van der Waals surface area contributed by atoms with Crippen LogP contribution in [0, 0.1) is 5.92 Å². The van der Waals surface area contributed by atoms with Gasteiger partial charge in [-0.3, -0.25) is 9.48 Å². The molecule has 0 bridgehead atoms. The summed E-state index contributed by atoms with van der Waals surface area (Å²) in [4.78, 5) is 12.4. The topological polar surface area (TPSA) is 46.9 Å². The fourth-order valence-electron chi connectivity index (χ4n) is 2.86. The SMILES string of the molecule is CC(Cn1nc(C(F)(F)F)cc1C1CC1)C(=O)Nc1ccccc1C(F)(F)F. The van der Waals surface area contributed by atoms with Crippen molar-refractivity contribution in [2.45, 2.75) is 44.6 Å². The Hall–Kier alpha value is -2.52. The van der Waals surface area contributed by atoms with Gasteiger partial charge in [-0.25, -0.2) is 0 Å². The molecule has 1 aliphatic carbocycles. The fraction of sp³-hybridized carbons (Fsp3) is 0.444. The number of para-hydroxylation sites is 1. The second kappa shape index (κ2) is 7.14. The third-order valence-electron chi connectivity index (χ3n) is 4.48. The molecule has 1 aliphatic rings. The van der Waals surface area contributed by atoms with Gasteiger partial charge >= 0.3 is 12.4 Å². The molecule has 1 aromatic carbocycles. The molecule has 4 nitrogen and oxygen atoms in total. The number of nitrogens with zero attached hydrogens (tertiary/aromatic N) is 2. The van der Waals surface area contributed by atoms with Crippen LogP contribution in [0.25, 0.3) is 0 Å². The first-order valence-electron chi connectivity index (χ1n) is 8.59. The van der Waals surface area contributed by atoms with E-state index in [1.165, 1.54) is 19.1 Å². The van der Waals surface area contributed by atoms with Crippen LogP contribution in [-0.4, -0.2) is 15.7 Å². The Bertz CT molecular complexity index is 867. The lowest BCUT2D eigenvalue weighted by atomic mass is 10.1. The first-order chi connectivity index (χ1) is 13.0. The molecule has 152 valence electrons. The second-order valence-electron chi connectivity index (χ2n) is 6.84. The van der Waals surface area contributed by atoms with Gasteiger partial charge in [0.05, 0.1) is 23.7 Å². The highest BCUT2D eigenvalue weighted by Gasteiger charge is 2.38. The molecule has 0 spiro atoms. The van der Waals surface area contributed by atoms with Crippen LogP contribution in [0.5, 0.6) is 0 Å². The van der Waals surface area contributed by atoms with Crippen molar-refractivity contribution in [1.82, 2.24) is 9.78 Å². The Kier molecular flexibility index (Phi) is 5.16. The van der Waals surface area contributed by atoms with E-state index in [9.17, 15) is 31.1 Å². The minimum atomic E-state index is -4.64. The van der Waals surface area contributed by atoms with Crippen LogP contribution in [-0.2, 0) is 23.7 Å². The number of alkyl halides is 6. The summed E-state index contributed by atoms with van der Waals surface area (Å²) in [5.41, 5.74) is -2.04. The highest BCUT2D eigenvalue weighted by molar-refractivity contribution is 5.93. The average molecular weight is 405 g/mol. The van der Waals surface area contributed by atoms with Crippen molar-refractivity contribution in [3.63, 3.8) is 0 Å². The van der Waals surface area contributed by atoms with Crippen molar-refractivity contribution in [3.8, 4) is 0 Å². The molecule has 1 unspecified atom stereocenters. The number of hydrogen-bond donors (Lipinski definition) is 1. The molecule has 2 aromatic rings. The van der Waals surface area contributed by atoms with Crippen molar-refractivity contribution in [2.24, 2.45) is 5.92 Å². The van der Waals surface area contributed by atoms with Crippen molar-refractivity contribution < 1.29 is 31.1 Å². The maximum absolute atomic E-state index is 13.0. The van der Waals surface area contributed by atoms with Gasteiger partial charge in [-0.15, -0.1) is 0 Å². The van der Waals surface area contributed by atoms with E-state index in [0.29, 0.717) is 5.69 Å². The lowest BCUT2D eigenvalue weighted by molar-refractivity contribution is -0.141. The van der Waals surface area contributed by atoms with Crippen LogP contribution in [0.4, 0.5) is 32.0 Å². The van der Waals surface area contributed by atoms with E-state index < -0.39 is 41.1 Å². The molecule has 1 saturated carbocycles. The van der Waals surface area contributed by atoms with Gasteiger partial charge in [0.25, 0.3) is 0 Å². The van der Waals surface area contributed by atoms with Gasteiger partial charge in [0.1, 0.15) is 0 Å². The third kappa shape index (κ3) is 4.48. The highest BCUT2D eigenvalue weighted by atomic mass is 19.4. The molecule has 1 fully saturated rings. The number of carbonyl (C=O) groups excluding carboxylic acids is 1. The lowest BCUT2D eigenvalue weighted by Crippen LogP contribution is -2.26. The van der Waals surface area contributed by atoms with E-state index in [1.807, 2.05) is 0 Å². The van der Waals surface area contributed by atoms with E-state index in [0.717, 1.165) is 35.7 Å². The third-order valence-corrected chi connectivity index (χ3v) is 4.48. The number of halogens is 6. The van der Waals surface area contributed by atoms with E-state index in [1.54, 1.807) is 0 Å². The summed E-state index contributed by atoms with van der Waals surface area (Å²) in [6, 6.07) is 5.49. The molecule has 1 N–H and O–H groups in total. The van der Waals surface area contributed by atoms with E-state index in [4.69, 9.17) is 0 Å². The Labute approximate surface area is 156 Å². The number of aromatic nitrogens is 2. The average Bonchev–Trinajstić information content (AvgIpc) is 3.33. The summed E-state index contributed by atoms with van der Waals surface area (Å²) in [7, 11) is 0. The van der Waals surface area contributed by atoms with Gasteiger partial charge in [-0.1, -0.05) is 19.1 Å². The Balaban J connectivity index is 1.76. The normalized spacial score (nSPS) is 16.1. The zero-order valence-electron chi connectivity index (χ0n) is 14.7. The quantitative estimate of drug-likeness (QED) is 0.706. The maximum atomic E-state index is 13.0. The van der Waals surface area contributed by atoms with Crippen molar-refractivity contribution in [2.75, 3.05) is 5.32 Å². The summed E-state index contributed by atoms with van der Waals surface area (Å²) in [5, 5.41) is 5.78. The van der Waals surface area contributed by atoms with Gasteiger partial charge < -0.3 is 5.32 Å². The first kappa shape index (κ1) is 20.2. The molecule has 1 amide bonds. The summed E-state index contributed by atoms with van der Waals surface area (Å²) >= 11 is 0. The molecule has 3 rings (SSSR count). The molecule has 28 heavy (non-hydrogen) atoms. The zero-order valence-corrected chi connectivity index (χ0v) is 14.7. The highest BCUT2D eigenvalue weighted by Crippen LogP contribution is 2.42. The number of anilines is 1. The zero-order chi connectivity index (χ0) is 20.7. The summed E-state index contributed by atoms with van der Waals surface area (Å²) in [5.74, 6) is -1.66. The Morgan fingerprint density at radius 3 is 2.39 bits per heavy atom. The summed E-state index contributed by atoms with van der Waals surface area (Å²) < 4.78 is 79.1. The monoisotopic (exact) mass is 405 g/mol. The molecular formula is C18H17F6N3O. The molecule has 0 saturated heterocycles. The van der Waals surface area contributed by atoms with E-state index in [-0.39, 0.29) is 12.5 Å². The van der Waals surface area contributed by atoms with Gasteiger partial charge in [0.2, 0.25) is 5.91 Å². The number of amides is 1. The predicted molar refractivity (Wildman–Crippen MR) is 88.4 cm³/mol. The lowest BCUT2D eigenvalue weighted by Gasteiger charge is -2.17. The largest absolute Gasteiger partial charge is 0.435 e. The van der Waals surface area contributed by atoms with E-state index >= 15 is 0 Å². The molecule has 0 radical (unpaired) electrons. The molecule has 1 aromatic heterocycles. The molecule has 1 heterocycles. The molecule has 0 aliphatic heterocycles. The summed E-state index contributed by atoms with van der Waals surface area (Å²) in [6.07, 6.45) is -7.77. The van der Waals surface area contributed by atoms with Crippen LogP contribution in [0.2, 0.25) is 0 Å². The fourth-order valence-corrected chi connectivity index (χ4v) is 2.86. The van der Waals surface area contributed by atoms with Crippen molar-refractivity contribution in [1.29, 1.82) is 0 Å². The van der Waals surface area contributed by atoms with Crippen molar-refractivity contribution in [3.05, 3.63) is 47.3 Å². The number of rotatable bonds is 5. The van der Waals surface area contributed by atoms with Gasteiger partial charge in [0, 0.05) is 11.6 Å². The van der Waals surface area contributed by atoms with Gasteiger partial charge in [0.15, 0.2) is 5.69 Å². The standard InChI is InChI=1S/C18H17F6N3O/c1-10(16(28)25-13-5-3-2-4-12(13)17(19,20)21)9-27-14(11-6-7-11)8-15(26-27)18(22,23)24/h2-5,8,10-11H,6-7,9H2,1H3,(H,25,28). The summed E-state index contributed by atoms with van der Waals surface area (Å²) in [6.45, 7) is 1.26. The number of nitrogens with one attached hydrogen (secondary N) is 1. The van der Waals surface area contributed by atoms with Crippen molar-refractivity contribution >= 4 is 11.6 Å². The number of carbonyl (C=O) groups is 1. The second-order valence-corrected chi connectivity index (χ2v) is 6.84. The molecule has 1 atom stereocenters. The Morgan fingerprint density at radius 1 is 1.18 bits per heavy atom. The number of benzene rings is 1. The Morgan fingerprint density at radius 2 is 1.82 bits per heavy atom. The van der Waals surface area contributed by atoms with Crippen LogP contribution in [0.15, 0.2) is 30.3 Å². The minimum Gasteiger partial charge on any atom is -0.325 e. The number of hydrogen-bond acceptors (Lipinski definition) is 2. The minimum absolute atomic E-state index is 0.0372. The van der Waals surface area contributed by atoms with Crippen LogP contribution < -0.4 is 5.32 Å². The van der Waals surface area contributed by atoms with Gasteiger partial charge in [-0.2, -0.15) is 31.4 Å². The van der Waals surface area contributed by atoms with Gasteiger partial charge in [-0.05, 0) is 31.0 Å². The molecule has 10 heteroatoms. The predicted octanol–water partition coefficient (Wildman–Crippen LogP) is 5.07.